The fraction of sp³-hybridized carbons (Fsp3) is 0.333. The summed E-state index contributed by atoms with van der Waals surface area (Å²) in [4.78, 5) is 22.6. The van der Waals surface area contributed by atoms with E-state index in [0.29, 0.717) is 25.1 Å². The Labute approximate surface area is 165 Å². The molecule has 8 heteroatoms. The molecule has 0 bridgehead atoms. The largest absolute Gasteiger partial charge is 0.416 e. The van der Waals surface area contributed by atoms with Crippen LogP contribution in [0.3, 0.4) is 0 Å². The molecule has 0 aliphatic carbocycles. The van der Waals surface area contributed by atoms with E-state index in [0.717, 1.165) is 42.1 Å². The van der Waals surface area contributed by atoms with E-state index < -0.39 is 11.7 Å². The monoisotopic (exact) mass is 402 g/mol. The lowest BCUT2D eigenvalue weighted by molar-refractivity contribution is -0.137. The van der Waals surface area contributed by atoms with Gasteiger partial charge in [-0.2, -0.15) is 13.2 Å². The van der Waals surface area contributed by atoms with Gasteiger partial charge in [-0.15, -0.1) is 0 Å². The van der Waals surface area contributed by atoms with Crippen LogP contribution in [0.15, 0.2) is 48.5 Å². The van der Waals surface area contributed by atoms with E-state index in [4.69, 9.17) is 0 Å². The van der Waals surface area contributed by atoms with Crippen molar-refractivity contribution in [3.8, 4) is 0 Å². The predicted molar refractivity (Wildman–Crippen MR) is 104 cm³/mol. The van der Waals surface area contributed by atoms with Crippen molar-refractivity contribution < 1.29 is 18.0 Å². The van der Waals surface area contributed by atoms with Gasteiger partial charge in [0.05, 0.1) is 23.1 Å². The minimum atomic E-state index is -4.38. The van der Waals surface area contributed by atoms with Crippen molar-refractivity contribution in [1.29, 1.82) is 0 Å². The SMILES string of the molecule is O=C(Nc1ccc(C(F)(F)F)cc1)C1CCN(Cc2nc3ccccc3[nH]2)CC1. The third kappa shape index (κ3) is 4.59. The van der Waals surface area contributed by atoms with Crippen LogP contribution in [0.5, 0.6) is 0 Å². The fourth-order valence-electron chi connectivity index (χ4n) is 3.63. The lowest BCUT2D eigenvalue weighted by Crippen LogP contribution is -2.38. The molecule has 152 valence electrons. The number of benzene rings is 2. The van der Waals surface area contributed by atoms with E-state index in [2.05, 4.69) is 20.2 Å². The molecule has 1 aliphatic rings. The van der Waals surface area contributed by atoms with Gasteiger partial charge in [0.15, 0.2) is 0 Å². The molecule has 1 amide bonds. The molecule has 2 heterocycles. The molecule has 0 unspecified atom stereocenters. The van der Waals surface area contributed by atoms with Gasteiger partial charge in [-0.1, -0.05) is 12.1 Å². The van der Waals surface area contributed by atoms with Crippen molar-refractivity contribution in [3.05, 3.63) is 59.9 Å². The first kappa shape index (κ1) is 19.4. The van der Waals surface area contributed by atoms with Gasteiger partial charge in [0.1, 0.15) is 5.82 Å². The van der Waals surface area contributed by atoms with Crippen LogP contribution in [0.1, 0.15) is 24.2 Å². The van der Waals surface area contributed by atoms with Gasteiger partial charge >= 0.3 is 6.18 Å². The van der Waals surface area contributed by atoms with E-state index in [1.54, 1.807) is 0 Å². The third-order valence-electron chi connectivity index (χ3n) is 5.25. The van der Waals surface area contributed by atoms with Gasteiger partial charge in [-0.3, -0.25) is 9.69 Å². The average Bonchev–Trinajstić information content (AvgIpc) is 3.10. The minimum Gasteiger partial charge on any atom is -0.341 e. The summed E-state index contributed by atoms with van der Waals surface area (Å²) >= 11 is 0. The van der Waals surface area contributed by atoms with Crippen LogP contribution in [0.2, 0.25) is 0 Å². The average molecular weight is 402 g/mol. The van der Waals surface area contributed by atoms with Gasteiger partial charge < -0.3 is 10.3 Å². The number of H-pyrrole nitrogens is 1. The smallest absolute Gasteiger partial charge is 0.341 e. The Morgan fingerprint density at radius 3 is 2.45 bits per heavy atom. The summed E-state index contributed by atoms with van der Waals surface area (Å²) in [5.74, 6) is 0.608. The first-order valence-corrected chi connectivity index (χ1v) is 9.52. The lowest BCUT2D eigenvalue weighted by Gasteiger charge is -2.30. The number of alkyl halides is 3. The Hall–Kier alpha value is -2.87. The van der Waals surface area contributed by atoms with Crippen LogP contribution in [-0.4, -0.2) is 33.9 Å². The van der Waals surface area contributed by atoms with Gasteiger partial charge in [-0.05, 0) is 62.3 Å². The maximum absolute atomic E-state index is 12.6. The second kappa shape index (κ2) is 7.87. The van der Waals surface area contributed by atoms with E-state index in [1.807, 2.05) is 24.3 Å². The van der Waals surface area contributed by atoms with E-state index in [-0.39, 0.29) is 11.8 Å². The number of halogens is 3. The van der Waals surface area contributed by atoms with Crippen LogP contribution < -0.4 is 5.32 Å². The number of nitrogens with zero attached hydrogens (tertiary/aromatic N) is 2. The normalized spacial score (nSPS) is 16.2. The molecule has 2 aromatic carbocycles. The third-order valence-corrected chi connectivity index (χ3v) is 5.25. The number of imidazole rings is 1. The molecule has 29 heavy (non-hydrogen) atoms. The molecule has 1 aliphatic heterocycles. The second-order valence-corrected chi connectivity index (χ2v) is 7.32. The topological polar surface area (TPSA) is 61.0 Å². The predicted octanol–water partition coefficient (Wildman–Crippen LogP) is 4.43. The summed E-state index contributed by atoms with van der Waals surface area (Å²) < 4.78 is 37.9. The number of para-hydroxylation sites is 2. The number of likely N-dealkylation sites (tertiary alicyclic amines) is 1. The van der Waals surface area contributed by atoms with E-state index >= 15 is 0 Å². The maximum Gasteiger partial charge on any atom is 0.416 e. The number of aromatic nitrogens is 2. The first-order valence-electron chi connectivity index (χ1n) is 9.52. The highest BCUT2D eigenvalue weighted by Gasteiger charge is 2.30. The van der Waals surface area contributed by atoms with Crippen LogP contribution in [0.4, 0.5) is 18.9 Å². The van der Waals surface area contributed by atoms with Gasteiger partial charge in [-0.25, -0.2) is 4.98 Å². The number of carbonyl (C=O) groups excluding carboxylic acids is 1. The Kier molecular flexibility index (Phi) is 5.27. The van der Waals surface area contributed by atoms with E-state index in [1.165, 1.54) is 12.1 Å². The molecular weight excluding hydrogens is 381 g/mol. The Bertz CT molecular complexity index is 956. The molecule has 2 N–H and O–H groups in total. The zero-order valence-electron chi connectivity index (χ0n) is 15.7. The summed E-state index contributed by atoms with van der Waals surface area (Å²) in [5.41, 5.74) is 1.60. The summed E-state index contributed by atoms with van der Waals surface area (Å²) in [6, 6.07) is 12.4. The highest BCUT2D eigenvalue weighted by molar-refractivity contribution is 5.92. The van der Waals surface area contributed by atoms with Crippen molar-refractivity contribution in [3.63, 3.8) is 0 Å². The number of rotatable bonds is 4. The van der Waals surface area contributed by atoms with Crippen LogP contribution in [0, 0.1) is 5.92 Å². The highest BCUT2D eigenvalue weighted by Crippen LogP contribution is 2.30. The summed E-state index contributed by atoms with van der Waals surface area (Å²) in [6.07, 6.45) is -2.98. The number of hydrogen-bond donors (Lipinski definition) is 2. The number of nitrogens with one attached hydrogen (secondary N) is 2. The van der Waals surface area contributed by atoms with Crippen molar-refractivity contribution >= 4 is 22.6 Å². The summed E-state index contributed by atoms with van der Waals surface area (Å²) in [5, 5.41) is 2.73. The van der Waals surface area contributed by atoms with Crippen LogP contribution in [-0.2, 0) is 17.5 Å². The number of amides is 1. The van der Waals surface area contributed by atoms with Crippen molar-refractivity contribution in [1.82, 2.24) is 14.9 Å². The highest BCUT2D eigenvalue weighted by atomic mass is 19.4. The number of piperidine rings is 1. The Morgan fingerprint density at radius 2 is 1.79 bits per heavy atom. The van der Waals surface area contributed by atoms with Crippen molar-refractivity contribution in [2.45, 2.75) is 25.6 Å². The lowest BCUT2D eigenvalue weighted by atomic mass is 9.95. The Morgan fingerprint density at radius 1 is 1.10 bits per heavy atom. The number of hydrogen-bond acceptors (Lipinski definition) is 3. The molecule has 0 saturated carbocycles. The van der Waals surface area contributed by atoms with Crippen LogP contribution in [0.25, 0.3) is 11.0 Å². The summed E-state index contributed by atoms with van der Waals surface area (Å²) in [6.45, 7) is 2.23. The molecule has 4 rings (SSSR count). The van der Waals surface area contributed by atoms with Gasteiger partial charge in [0, 0.05) is 11.6 Å². The molecule has 3 aromatic rings. The van der Waals surface area contributed by atoms with Gasteiger partial charge in [0.2, 0.25) is 5.91 Å². The minimum absolute atomic E-state index is 0.145. The number of fused-ring (bicyclic) bond motifs is 1. The van der Waals surface area contributed by atoms with Gasteiger partial charge in [0.25, 0.3) is 0 Å². The zero-order chi connectivity index (χ0) is 20.4. The molecule has 1 fully saturated rings. The number of carbonyl (C=O) groups is 1. The Balaban J connectivity index is 1.29. The fourth-order valence-corrected chi connectivity index (χ4v) is 3.63. The van der Waals surface area contributed by atoms with Crippen LogP contribution >= 0.6 is 0 Å². The molecule has 1 saturated heterocycles. The number of anilines is 1. The van der Waals surface area contributed by atoms with Crippen molar-refractivity contribution in [2.75, 3.05) is 18.4 Å². The molecule has 0 spiro atoms. The molecular formula is C21H21F3N4O. The number of aromatic amines is 1. The van der Waals surface area contributed by atoms with Crippen molar-refractivity contribution in [2.24, 2.45) is 5.92 Å². The standard InChI is InChI=1S/C21H21F3N4O/c22-21(23,24)15-5-7-16(8-6-15)25-20(29)14-9-11-28(12-10-14)13-19-26-17-3-1-2-4-18(17)27-19/h1-8,14H,9-13H2,(H,25,29)(H,26,27). The maximum atomic E-state index is 12.6. The zero-order valence-corrected chi connectivity index (χ0v) is 15.7. The molecule has 5 nitrogen and oxygen atoms in total. The quantitative estimate of drug-likeness (QED) is 0.679. The molecule has 0 atom stereocenters. The molecule has 0 radical (unpaired) electrons. The molecule has 1 aromatic heterocycles. The second-order valence-electron chi connectivity index (χ2n) is 7.32. The first-order chi connectivity index (χ1) is 13.9. The summed E-state index contributed by atoms with van der Waals surface area (Å²) in [7, 11) is 0. The van der Waals surface area contributed by atoms with E-state index in [9.17, 15) is 18.0 Å².